The molecule has 0 amide bonds. The number of hydrogen-bond acceptors (Lipinski definition) is 5. The Morgan fingerprint density at radius 3 is 3.18 bits per heavy atom. The number of aromatic nitrogens is 4. The number of aromatic amines is 1. The van der Waals surface area contributed by atoms with E-state index in [2.05, 4.69) is 20.0 Å². The van der Waals surface area contributed by atoms with Crippen molar-refractivity contribution in [2.45, 2.75) is 44.4 Å². The molecule has 1 saturated heterocycles. The Kier molecular flexibility index (Phi) is 3.46. The number of nitrogens with one attached hydrogen (secondary N) is 1. The lowest BCUT2D eigenvalue weighted by Crippen LogP contribution is -2.52. The van der Waals surface area contributed by atoms with E-state index in [9.17, 15) is 4.79 Å². The van der Waals surface area contributed by atoms with Crippen molar-refractivity contribution in [2.24, 2.45) is 7.05 Å². The number of aryl methyl sites for hydroxylation is 1. The summed E-state index contributed by atoms with van der Waals surface area (Å²) in [5.74, 6) is 0.715. The highest BCUT2D eigenvalue weighted by atomic mass is 16.5. The molecule has 1 aliphatic carbocycles. The summed E-state index contributed by atoms with van der Waals surface area (Å²) >= 11 is 0. The molecule has 3 heterocycles. The van der Waals surface area contributed by atoms with Crippen molar-refractivity contribution in [3.8, 4) is 0 Å². The monoisotopic (exact) mass is 303 g/mol. The number of rotatable bonds is 2. The Balaban J connectivity index is 1.62. The molecule has 7 nitrogen and oxygen atoms in total. The van der Waals surface area contributed by atoms with Crippen LogP contribution >= 0.6 is 0 Å². The van der Waals surface area contributed by atoms with Gasteiger partial charge in [-0.2, -0.15) is 5.10 Å². The minimum absolute atomic E-state index is 0.110. The minimum Gasteiger partial charge on any atom is -0.375 e. The molecule has 22 heavy (non-hydrogen) atoms. The number of ether oxygens (including phenoxy) is 1. The third-order valence-electron chi connectivity index (χ3n) is 4.85. The molecule has 4 rings (SSSR count). The smallest absolute Gasteiger partial charge is 0.262 e. The fraction of sp³-hybridized carbons (Fsp3) is 0.667. The third-order valence-corrected chi connectivity index (χ3v) is 4.85. The van der Waals surface area contributed by atoms with Crippen molar-refractivity contribution in [2.75, 3.05) is 13.2 Å². The van der Waals surface area contributed by atoms with Gasteiger partial charge in [0.05, 0.1) is 25.5 Å². The third kappa shape index (κ3) is 2.34. The lowest BCUT2D eigenvalue weighted by atomic mass is 9.90. The highest BCUT2D eigenvalue weighted by Gasteiger charge is 2.34. The molecule has 7 heteroatoms. The van der Waals surface area contributed by atoms with E-state index in [-0.39, 0.29) is 5.56 Å². The van der Waals surface area contributed by atoms with Gasteiger partial charge in [-0.3, -0.25) is 14.4 Å². The van der Waals surface area contributed by atoms with E-state index < -0.39 is 0 Å². The van der Waals surface area contributed by atoms with Gasteiger partial charge >= 0.3 is 0 Å². The lowest BCUT2D eigenvalue weighted by molar-refractivity contribution is -0.0918. The van der Waals surface area contributed by atoms with Crippen LogP contribution < -0.4 is 5.56 Å². The molecular formula is C15H21N5O2. The average Bonchev–Trinajstić information content (AvgIpc) is 2.90. The molecule has 1 saturated carbocycles. The Hall–Kier alpha value is -1.73. The van der Waals surface area contributed by atoms with E-state index in [1.165, 1.54) is 19.3 Å². The second kappa shape index (κ2) is 5.48. The summed E-state index contributed by atoms with van der Waals surface area (Å²) in [5.41, 5.74) is 0.536. The maximum atomic E-state index is 12.1. The topological polar surface area (TPSA) is 76.0 Å². The summed E-state index contributed by atoms with van der Waals surface area (Å²) in [6, 6.07) is 0.454. The van der Waals surface area contributed by atoms with E-state index in [1.54, 1.807) is 10.9 Å². The standard InChI is InChI=1S/C15H21N5O2/c1-19-14-10(8-16-19)15(21)18-13(17-14)9-20-6-7-22-12-5-3-2-4-11(12)20/h8,11-12H,2-7,9H2,1H3,(H,17,18,21)/t11-,12+/m1/s1. The van der Waals surface area contributed by atoms with E-state index in [4.69, 9.17) is 4.74 Å². The Bertz CT molecular complexity index is 735. The lowest BCUT2D eigenvalue weighted by Gasteiger charge is -2.43. The number of H-pyrrole nitrogens is 1. The van der Waals surface area contributed by atoms with Crippen molar-refractivity contribution >= 4 is 11.0 Å². The zero-order valence-corrected chi connectivity index (χ0v) is 12.8. The van der Waals surface area contributed by atoms with Crippen molar-refractivity contribution in [1.29, 1.82) is 0 Å². The molecular weight excluding hydrogens is 282 g/mol. The van der Waals surface area contributed by atoms with Gasteiger partial charge in [0.1, 0.15) is 11.2 Å². The van der Waals surface area contributed by atoms with Crippen LogP contribution in [0.15, 0.2) is 11.0 Å². The summed E-state index contributed by atoms with van der Waals surface area (Å²) in [5, 5.41) is 4.66. The van der Waals surface area contributed by atoms with Crippen LogP contribution in [0.2, 0.25) is 0 Å². The molecule has 2 aliphatic rings. The van der Waals surface area contributed by atoms with Crippen LogP contribution in [0.5, 0.6) is 0 Å². The Labute approximate surface area is 128 Å². The Morgan fingerprint density at radius 1 is 1.41 bits per heavy atom. The van der Waals surface area contributed by atoms with Crippen LogP contribution in [0, 0.1) is 0 Å². The fourth-order valence-electron chi connectivity index (χ4n) is 3.72. The van der Waals surface area contributed by atoms with Crippen LogP contribution in [-0.2, 0) is 18.3 Å². The molecule has 118 valence electrons. The highest BCUT2D eigenvalue weighted by molar-refractivity contribution is 5.72. The molecule has 2 aromatic rings. The fourth-order valence-corrected chi connectivity index (χ4v) is 3.72. The van der Waals surface area contributed by atoms with Gasteiger partial charge in [0.2, 0.25) is 0 Å². The van der Waals surface area contributed by atoms with Gasteiger partial charge in [0.25, 0.3) is 5.56 Å². The first kappa shape index (κ1) is 13.9. The average molecular weight is 303 g/mol. The molecule has 1 N–H and O–H groups in total. The quantitative estimate of drug-likeness (QED) is 0.888. The predicted molar refractivity (Wildman–Crippen MR) is 81.5 cm³/mol. The molecule has 2 fully saturated rings. The zero-order chi connectivity index (χ0) is 15.1. The van der Waals surface area contributed by atoms with E-state index in [0.29, 0.717) is 35.5 Å². The van der Waals surface area contributed by atoms with Gasteiger partial charge < -0.3 is 9.72 Å². The molecule has 0 spiro atoms. The summed E-state index contributed by atoms with van der Waals surface area (Å²) in [4.78, 5) is 22.0. The first-order chi connectivity index (χ1) is 10.7. The van der Waals surface area contributed by atoms with Crippen molar-refractivity contribution in [3.63, 3.8) is 0 Å². The summed E-state index contributed by atoms with van der Waals surface area (Å²) in [7, 11) is 1.81. The van der Waals surface area contributed by atoms with Crippen LogP contribution in [0.25, 0.3) is 11.0 Å². The van der Waals surface area contributed by atoms with Gasteiger partial charge in [0.15, 0.2) is 5.65 Å². The first-order valence-corrected chi connectivity index (χ1v) is 7.99. The van der Waals surface area contributed by atoms with Gasteiger partial charge in [-0.05, 0) is 12.8 Å². The van der Waals surface area contributed by atoms with Crippen LogP contribution in [0.4, 0.5) is 0 Å². The molecule has 0 unspecified atom stereocenters. The normalized spacial score (nSPS) is 26.2. The second-order valence-electron chi connectivity index (χ2n) is 6.25. The van der Waals surface area contributed by atoms with E-state index in [1.807, 2.05) is 7.05 Å². The predicted octanol–water partition coefficient (Wildman–Crippen LogP) is 0.800. The van der Waals surface area contributed by atoms with Gasteiger partial charge in [0, 0.05) is 19.6 Å². The molecule has 0 bridgehead atoms. The first-order valence-electron chi connectivity index (χ1n) is 7.99. The van der Waals surface area contributed by atoms with Crippen LogP contribution in [-0.4, -0.2) is 49.9 Å². The van der Waals surface area contributed by atoms with Crippen molar-refractivity contribution < 1.29 is 4.74 Å². The SMILES string of the molecule is Cn1ncc2c(=O)[nH]c(CN3CCO[C@H]4CCCC[C@H]43)nc21. The van der Waals surface area contributed by atoms with Gasteiger partial charge in [-0.15, -0.1) is 0 Å². The van der Waals surface area contributed by atoms with Crippen molar-refractivity contribution in [3.05, 3.63) is 22.4 Å². The maximum Gasteiger partial charge on any atom is 0.262 e. The molecule has 2 aromatic heterocycles. The van der Waals surface area contributed by atoms with Crippen molar-refractivity contribution in [1.82, 2.24) is 24.6 Å². The second-order valence-corrected chi connectivity index (χ2v) is 6.25. The van der Waals surface area contributed by atoms with Gasteiger partial charge in [-0.1, -0.05) is 12.8 Å². The summed E-state index contributed by atoms with van der Waals surface area (Å²) in [6.45, 7) is 2.33. The minimum atomic E-state index is -0.110. The molecule has 1 aliphatic heterocycles. The van der Waals surface area contributed by atoms with Gasteiger partial charge in [-0.25, -0.2) is 4.98 Å². The number of morpholine rings is 1. The number of fused-ring (bicyclic) bond motifs is 2. The van der Waals surface area contributed by atoms with E-state index >= 15 is 0 Å². The highest BCUT2D eigenvalue weighted by Crippen LogP contribution is 2.29. The molecule has 2 atom stereocenters. The molecule has 0 aromatic carbocycles. The van der Waals surface area contributed by atoms with Crippen LogP contribution in [0.1, 0.15) is 31.5 Å². The van der Waals surface area contributed by atoms with Crippen LogP contribution in [0.3, 0.4) is 0 Å². The summed E-state index contributed by atoms with van der Waals surface area (Å²) in [6.07, 6.45) is 6.73. The zero-order valence-electron chi connectivity index (χ0n) is 12.8. The number of nitrogens with zero attached hydrogens (tertiary/aromatic N) is 4. The molecule has 0 radical (unpaired) electrons. The largest absolute Gasteiger partial charge is 0.375 e. The maximum absolute atomic E-state index is 12.1. The Morgan fingerprint density at radius 2 is 2.27 bits per heavy atom. The summed E-state index contributed by atoms with van der Waals surface area (Å²) < 4.78 is 7.55. The van der Waals surface area contributed by atoms with E-state index in [0.717, 1.165) is 19.6 Å². The number of hydrogen-bond donors (Lipinski definition) is 1.